The molecule has 5 nitrogen and oxygen atoms in total. The highest BCUT2D eigenvalue weighted by Crippen LogP contribution is 2.25. The van der Waals surface area contributed by atoms with Crippen molar-refractivity contribution in [2.75, 3.05) is 0 Å². The van der Waals surface area contributed by atoms with Gasteiger partial charge >= 0.3 is 0 Å². The number of hydrogen-bond donors (Lipinski definition) is 2. The van der Waals surface area contributed by atoms with Crippen molar-refractivity contribution in [3.63, 3.8) is 0 Å². The van der Waals surface area contributed by atoms with Gasteiger partial charge in [0.25, 0.3) is 0 Å². The zero-order chi connectivity index (χ0) is 13.1. The summed E-state index contributed by atoms with van der Waals surface area (Å²) >= 11 is 6.24. The molecule has 2 rings (SSSR count). The van der Waals surface area contributed by atoms with Gasteiger partial charge in [-0.15, -0.1) is 5.10 Å². The fourth-order valence-corrected chi connectivity index (χ4v) is 2.24. The highest BCUT2D eigenvalue weighted by molar-refractivity contribution is 6.31. The van der Waals surface area contributed by atoms with Crippen molar-refractivity contribution < 1.29 is 0 Å². The third kappa shape index (κ3) is 2.87. The van der Waals surface area contributed by atoms with E-state index in [2.05, 4.69) is 15.7 Å². The van der Waals surface area contributed by atoms with Crippen molar-refractivity contribution in [3.05, 3.63) is 46.2 Å². The molecule has 1 heterocycles. The molecule has 0 saturated heterocycles. The molecule has 0 saturated carbocycles. The summed E-state index contributed by atoms with van der Waals surface area (Å²) in [5.74, 6) is 5.60. The Morgan fingerprint density at radius 1 is 1.50 bits per heavy atom. The molecule has 3 N–H and O–H groups in total. The topological polar surface area (TPSA) is 68.8 Å². The fourth-order valence-electron chi connectivity index (χ4n) is 1.87. The first-order valence-electron chi connectivity index (χ1n) is 5.67. The molecule has 6 heteroatoms. The SMILES string of the molecule is Cc1ccc(C(Cc2cn(C)nn2)NN)c(Cl)c1. The van der Waals surface area contributed by atoms with Crippen molar-refractivity contribution in [3.8, 4) is 0 Å². The van der Waals surface area contributed by atoms with Gasteiger partial charge in [0.05, 0.1) is 11.7 Å². The smallest absolute Gasteiger partial charge is 0.0846 e. The molecule has 0 amide bonds. The Balaban J connectivity index is 2.22. The standard InChI is InChI=1S/C12H16ClN5/c1-8-3-4-10(11(13)5-8)12(15-14)6-9-7-18(2)17-16-9/h3-5,7,12,15H,6,14H2,1-2H3. The minimum Gasteiger partial charge on any atom is -0.271 e. The first-order valence-corrected chi connectivity index (χ1v) is 6.05. The van der Waals surface area contributed by atoms with Crippen molar-refractivity contribution in [2.45, 2.75) is 19.4 Å². The van der Waals surface area contributed by atoms with E-state index in [1.807, 2.05) is 38.4 Å². The van der Waals surface area contributed by atoms with Crippen LogP contribution in [0.4, 0.5) is 0 Å². The molecule has 1 aromatic heterocycles. The molecule has 0 aliphatic rings. The molecule has 1 aromatic carbocycles. The lowest BCUT2D eigenvalue weighted by Crippen LogP contribution is -2.30. The fraction of sp³-hybridized carbons (Fsp3) is 0.333. The van der Waals surface area contributed by atoms with Crippen LogP contribution in [0.1, 0.15) is 22.9 Å². The monoisotopic (exact) mass is 265 g/mol. The van der Waals surface area contributed by atoms with Crippen LogP contribution in [0.5, 0.6) is 0 Å². The maximum atomic E-state index is 6.24. The maximum absolute atomic E-state index is 6.24. The molecule has 0 spiro atoms. The van der Waals surface area contributed by atoms with Gasteiger partial charge in [0.2, 0.25) is 0 Å². The molecular formula is C12H16ClN5. The normalized spacial score (nSPS) is 12.7. The summed E-state index contributed by atoms with van der Waals surface area (Å²) in [6.07, 6.45) is 2.51. The van der Waals surface area contributed by atoms with E-state index in [1.54, 1.807) is 4.68 Å². The molecule has 0 aliphatic carbocycles. The molecule has 2 aromatic rings. The molecule has 1 atom stereocenters. The molecule has 0 bridgehead atoms. The first kappa shape index (κ1) is 13.0. The van der Waals surface area contributed by atoms with Gasteiger partial charge in [-0.25, -0.2) is 0 Å². The van der Waals surface area contributed by atoms with E-state index in [0.29, 0.717) is 11.4 Å². The number of benzene rings is 1. The van der Waals surface area contributed by atoms with Gasteiger partial charge in [0.15, 0.2) is 0 Å². The van der Waals surface area contributed by atoms with Gasteiger partial charge in [-0.05, 0) is 24.1 Å². The maximum Gasteiger partial charge on any atom is 0.0846 e. The van der Waals surface area contributed by atoms with Crippen LogP contribution in [-0.4, -0.2) is 15.0 Å². The number of hydrazine groups is 1. The Morgan fingerprint density at radius 3 is 2.83 bits per heavy atom. The van der Waals surface area contributed by atoms with Crippen LogP contribution in [0, 0.1) is 6.92 Å². The molecule has 96 valence electrons. The molecular weight excluding hydrogens is 250 g/mol. The van der Waals surface area contributed by atoms with Gasteiger partial charge < -0.3 is 0 Å². The number of hydrogen-bond acceptors (Lipinski definition) is 4. The summed E-state index contributed by atoms with van der Waals surface area (Å²) in [5.41, 5.74) is 5.74. The number of nitrogens with one attached hydrogen (secondary N) is 1. The summed E-state index contributed by atoms with van der Waals surface area (Å²) in [6.45, 7) is 2.00. The van der Waals surface area contributed by atoms with Crippen LogP contribution < -0.4 is 11.3 Å². The summed E-state index contributed by atoms with van der Waals surface area (Å²) < 4.78 is 1.67. The van der Waals surface area contributed by atoms with E-state index >= 15 is 0 Å². The zero-order valence-corrected chi connectivity index (χ0v) is 11.1. The Morgan fingerprint density at radius 2 is 2.28 bits per heavy atom. The van der Waals surface area contributed by atoms with Gasteiger partial charge in [-0.1, -0.05) is 28.9 Å². The number of nitrogens with two attached hydrogens (primary N) is 1. The molecule has 1 unspecified atom stereocenters. The van der Waals surface area contributed by atoms with Crippen molar-refractivity contribution in [1.82, 2.24) is 20.4 Å². The lowest BCUT2D eigenvalue weighted by molar-refractivity contribution is 0.545. The van der Waals surface area contributed by atoms with Gasteiger partial charge in [-0.3, -0.25) is 16.0 Å². The Labute approximate surface area is 111 Å². The van der Waals surface area contributed by atoms with Gasteiger partial charge in [-0.2, -0.15) is 0 Å². The highest BCUT2D eigenvalue weighted by Gasteiger charge is 2.15. The summed E-state index contributed by atoms with van der Waals surface area (Å²) in [4.78, 5) is 0. The molecule has 0 aliphatic heterocycles. The Kier molecular flexibility index (Phi) is 3.96. The quantitative estimate of drug-likeness (QED) is 0.650. The number of aryl methyl sites for hydroxylation is 2. The van der Waals surface area contributed by atoms with Crippen molar-refractivity contribution in [1.29, 1.82) is 0 Å². The third-order valence-corrected chi connectivity index (χ3v) is 3.12. The number of nitrogens with zero attached hydrogens (tertiary/aromatic N) is 3. The molecule has 0 fully saturated rings. The average molecular weight is 266 g/mol. The number of rotatable bonds is 4. The average Bonchev–Trinajstić information content (AvgIpc) is 2.72. The van der Waals surface area contributed by atoms with E-state index in [-0.39, 0.29) is 6.04 Å². The number of aromatic nitrogens is 3. The first-order chi connectivity index (χ1) is 8.60. The predicted octanol–water partition coefficient (Wildman–Crippen LogP) is 1.52. The van der Waals surface area contributed by atoms with Crippen LogP contribution >= 0.6 is 11.6 Å². The van der Waals surface area contributed by atoms with Crippen LogP contribution in [0.25, 0.3) is 0 Å². The third-order valence-electron chi connectivity index (χ3n) is 2.80. The van der Waals surface area contributed by atoms with E-state index in [1.165, 1.54) is 0 Å². The highest BCUT2D eigenvalue weighted by atomic mass is 35.5. The lowest BCUT2D eigenvalue weighted by Gasteiger charge is -2.16. The van der Waals surface area contributed by atoms with E-state index < -0.39 is 0 Å². The second-order valence-corrected chi connectivity index (χ2v) is 4.74. The van der Waals surface area contributed by atoms with E-state index in [9.17, 15) is 0 Å². The second-order valence-electron chi connectivity index (χ2n) is 4.33. The van der Waals surface area contributed by atoms with Gasteiger partial charge in [0, 0.05) is 24.7 Å². The minimum atomic E-state index is -0.0743. The predicted molar refractivity (Wildman–Crippen MR) is 71.0 cm³/mol. The summed E-state index contributed by atoms with van der Waals surface area (Å²) in [7, 11) is 1.83. The molecule has 0 radical (unpaired) electrons. The van der Waals surface area contributed by atoms with Crippen LogP contribution in [0.3, 0.4) is 0 Å². The van der Waals surface area contributed by atoms with Crippen LogP contribution in [-0.2, 0) is 13.5 Å². The number of halogens is 1. The van der Waals surface area contributed by atoms with Gasteiger partial charge in [0.1, 0.15) is 0 Å². The van der Waals surface area contributed by atoms with E-state index in [4.69, 9.17) is 17.4 Å². The van der Waals surface area contributed by atoms with E-state index in [0.717, 1.165) is 16.8 Å². The Hall–Kier alpha value is -1.43. The Bertz CT molecular complexity index is 537. The zero-order valence-electron chi connectivity index (χ0n) is 10.4. The largest absolute Gasteiger partial charge is 0.271 e. The van der Waals surface area contributed by atoms with Crippen LogP contribution in [0.15, 0.2) is 24.4 Å². The van der Waals surface area contributed by atoms with Crippen molar-refractivity contribution in [2.24, 2.45) is 12.9 Å². The lowest BCUT2D eigenvalue weighted by atomic mass is 10.0. The van der Waals surface area contributed by atoms with Crippen molar-refractivity contribution >= 4 is 11.6 Å². The summed E-state index contributed by atoms with van der Waals surface area (Å²) in [5, 5.41) is 8.66. The minimum absolute atomic E-state index is 0.0743. The second kappa shape index (κ2) is 5.48. The summed E-state index contributed by atoms with van der Waals surface area (Å²) in [6, 6.07) is 5.85. The van der Waals surface area contributed by atoms with Crippen LogP contribution in [0.2, 0.25) is 5.02 Å². The molecule has 18 heavy (non-hydrogen) atoms.